The molecule has 0 spiro atoms. The molecule has 0 aliphatic carbocycles. The summed E-state index contributed by atoms with van der Waals surface area (Å²) in [5, 5.41) is 0.992. The van der Waals surface area contributed by atoms with Gasteiger partial charge in [-0.25, -0.2) is 13.1 Å². The topological polar surface area (TPSA) is 68.3 Å². The fourth-order valence-electron chi connectivity index (χ4n) is 2.69. The lowest BCUT2D eigenvalue weighted by molar-refractivity contribution is 0.323. The molecule has 1 heterocycles. The highest BCUT2D eigenvalue weighted by atomic mass is 32.2. The molecule has 26 heavy (non-hydrogen) atoms. The van der Waals surface area contributed by atoms with Crippen molar-refractivity contribution >= 4 is 20.9 Å². The molecule has 1 N–H and O–H groups in total. The number of aryl methyl sites for hydroxylation is 1. The van der Waals surface area contributed by atoms with Crippen molar-refractivity contribution in [3.05, 3.63) is 72.4 Å². The number of nitrogens with one attached hydrogen (secondary N) is 1. The standard InChI is InChI=1S/C20H22N2O3S/c23-26(24,15-5-8-17-6-2-1-3-7-17)22-13-14-25-19-10-11-20-18(16-19)9-4-12-21-20/h1-4,6-7,9-12,16,22H,5,8,13-15H2. The van der Waals surface area contributed by atoms with Gasteiger partial charge in [0.15, 0.2) is 0 Å². The summed E-state index contributed by atoms with van der Waals surface area (Å²) in [7, 11) is -3.28. The highest BCUT2D eigenvalue weighted by Crippen LogP contribution is 2.18. The van der Waals surface area contributed by atoms with Crippen molar-refractivity contribution in [2.75, 3.05) is 18.9 Å². The SMILES string of the molecule is O=S(=O)(CCCc1ccccc1)NCCOc1ccc2ncccc2c1. The van der Waals surface area contributed by atoms with Crippen LogP contribution in [0.15, 0.2) is 66.9 Å². The van der Waals surface area contributed by atoms with Crippen LogP contribution >= 0.6 is 0 Å². The van der Waals surface area contributed by atoms with Gasteiger partial charge in [0.1, 0.15) is 12.4 Å². The van der Waals surface area contributed by atoms with E-state index in [0.29, 0.717) is 12.2 Å². The maximum absolute atomic E-state index is 12.0. The lowest BCUT2D eigenvalue weighted by atomic mass is 10.1. The molecule has 0 radical (unpaired) electrons. The summed E-state index contributed by atoms with van der Waals surface area (Å²) < 4.78 is 32.3. The van der Waals surface area contributed by atoms with Crippen LogP contribution in [-0.2, 0) is 16.4 Å². The van der Waals surface area contributed by atoms with E-state index >= 15 is 0 Å². The molecule has 0 aliphatic rings. The first-order valence-electron chi connectivity index (χ1n) is 8.61. The third-order valence-corrected chi connectivity index (χ3v) is 5.46. The number of aromatic nitrogens is 1. The van der Waals surface area contributed by atoms with Gasteiger partial charge in [0.2, 0.25) is 10.0 Å². The average molecular weight is 370 g/mol. The summed E-state index contributed by atoms with van der Waals surface area (Å²) in [6.07, 6.45) is 3.09. The van der Waals surface area contributed by atoms with Gasteiger partial charge in [-0.3, -0.25) is 4.98 Å². The number of hydrogen-bond acceptors (Lipinski definition) is 4. The van der Waals surface area contributed by atoms with Crippen molar-refractivity contribution in [3.8, 4) is 5.75 Å². The van der Waals surface area contributed by atoms with Gasteiger partial charge in [0, 0.05) is 18.1 Å². The Labute approximate surface area is 154 Å². The number of ether oxygens (including phenoxy) is 1. The molecular weight excluding hydrogens is 348 g/mol. The predicted molar refractivity (Wildman–Crippen MR) is 104 cm³/mol. The van der Waals surface area contributed by atoms with E-state index in [-0.39, 0.29) is 18.9 Å². The Bertz CT molecular complexity index is 943. The number of rotatable bonds is 9. The Balaban J connectivity index is 1.40. The van der Waals surface area contributed by atoms with Crippen molar-refractivity contribution in [3.63, 3.8) is 0 Å². The maximum Gasteiger partial charge on any atom is 0.211 e. The van der Waals surface area contributed by atoms with Crippen molar-refractivity contribution in [2.24, 2.45) is 0 Å². The summed E-state index contributed by atoms with van der Waals surface area (Å²) in [6, 6.07) is 19.3. The molecule has 3 rings (SSSR count). The minimum absolute atomic E-state index is 0.115. The van der Waals surface area contributed by atoms with Crippen LogP contribution in [0.2, 0.25) is 0 Å². The van der Waals surface area contributed by atoms with E-state index in [4.69, 9.17) is 4.74 Å². The summed E-state index contributed by atoms with van der Waals surface area (Å²) in [6.45, 7) is 0.530. The normalized spacial score (nSPS) is 11.5. The van der Waals surface area contributed by atoms with Crippen LogP contribution in [-0.4, -0.2) is 32.3 Å². The average Bonchev–Trinajstić information content (AvgIpc) is 2.66. The number of hydrogen-bond donors (Lipinski definition) is 1. The summed E-state index contributed by atoms with van der Waals surface area (Å²) in [5.41, 5.74) is 2.05. The van der Waals surface area contributed by atoms with Crippen LogP contribution in [0.1, 0.15) is 12.0 Å². The lowest BCUT2D eigenvalue weighted by Crippen LogP contribution is -2.30. The fraction of sp³-hybridized carbons (Fsp3) is 0.250. The Morgan fingerprint density at radius 3 is 2.69 bits per heavy atom. The van der Waals surface area contributed by atoms with Crippen molar-refractivity contribution < 1.29 is 13.2 Å². The Hall–Kier alpha value is -2.44. The molecule has 0 unspecified atom stereocenters. The molecule has 0 saturated carbocycles. The Morgan fingerprint density at radius 2 is 1.85 bits per heavy atom. The second kappa shape index (κ2) is 8.78. The first-order valence-corrected chi connectivity index (χ1v) is 10.3. The van der Waals surface area contributed by atoms with Gasteiger partial charge < -0.3 is 4.74 Å². The number of sulfonamides is 1. The third kappa shape index (κ3) is 5.54. The van der Waals surface area contributed by atoms with Crippen molar-refractivity contribution in [2.45, 2.75) is 12.8 Å². The highest BCUT2D eigenvalue weighted by molar-refractivity contribution is 7.89. The first kappa shape index (κ1) is 18.4. The van der Waals surface area contributed by atoms with E-state index in [1.807, 2.05) is 60.7 Å². The van der Waals surface area contributed by atoms with Crippen molar-refractivity contribution in [1.82, 2.24) is 9.71 Å². The molecule has 0 atom stereocenters. The molecule has 1 aromatic heterocycles. The molecule has 5 nitrogen and oxygen atoms in total. The number of benzene rings is 2. The third-order valence-electron chi connectivity index (χ3n) is 3.99. The highest BCUT2D eigenvalue weighted by Gasteiger charge is 2.09. The van der Waals surface area contributed by atoms with Gasteiger partial charge in [0.05, 0.1) is 11.3 Å². The van der Waals surface area contributed by atoms with E-state index in [9.17, 15) is 8.42 Å². The van der Waals surface area contributed by atoms with Crippen LogP contribution in [0.5, 0.6) is 5.75 Å². The molecule has 0 amide bonds. The van der Waals surface area contributed by atoms with Crippen LogP contribution in [0.25, 0.3) is 10.9 Å². The van der Waals surface area contributed by atoms with Gasteiger partial charge in [-0.2, -0.15) is 0 Å². The molecule has 0 bridgehead atoms. The largest absolute Gasteiger partial charge is 0.492 e. The van der Waals surface area contributed by atoms with Crippen LogP contribution in [0, 0.1) is 0 Å². The summed E-state index contributed by atoms with van der Waals surface area (Å²) >= 11 is 0. The molecule has 136 valence electrons. The summed E-state index contributed by atoms with van der Waals surface area (Å²) in [5.74, 6) is 0.817. The monoisotopic (exact) mass is 370 g/mol. The fourth-order valence-corrected chi connectivity index (χ4v) is 3.76. The van der Waals surface area contributed by atoms with E-state index in [1.54, 1.807) is 6.20 Å². The zero-order valence-electron chi connectivity index (χ0n) is 14.5. The van der Waals surface area contributed by atoms with Gasteiger partial charge in [-0.15, -0.1) is 0 Å². The van der Waals surface area contributed by atoms with Crippen LogP contribution in [0.3, 0.4) is 0 Å². The zero-order valence-corrected chi connectivity index (χ0v) is 15.3. The molecule has 0 aliphatic heterocycles. The van der Waals surface area contributed by atoms with E-state index in [1.165, 1.54) is 0 Å². The van der Waals surface area contributed by atoms with Gasteiger partial charge in [0.25, 0.3) is 0 Å². The van der Waals surface area contributed by atoms with E-state index in [2.05, 4.69) is 9.71 Å². The minimum atomic E-state index is -3.28. The molecule has 6 heteroatoms. The number of fused-ring (bicyclic) bond motifs is 1. The Morgan fingerprint density at radius 1 is 1.00 bits per heavy atom. The second-order valence-corrected chi connectivity index (χ2v) is 7.94. The Kier molecular flexibility index (Phi) is 6.20. The first-order chi connectivity index (χ1) is 12.6. The van der Waals surface area contributed by atoms with Gasteiger partial charge in [-0.05, 0) is 42.7 Å². The molecule has 0 saturated heterocycles. The molecule has 3 aromatic rings. The van der Waals surface area contributed by atoms with Crippen molar-refractivity contribution in [1.29, 1.82) is 0 Å². The minimum Gasteiger partial charge on any atom is -0.492 e. The molecular formula is C20H22N2O3S. The van der Waals surface area contributed by atoms with E-state index < -0.39 is 10.0 Å². The predicted octanol–water partition coefficient (Wildman–Crippen LogP) is 3.17. The smallest absolute Gasteiger partial charge is 0.211 e. The zero-order chi connectivity index (χ0) is 18.2. The number of pyridine rings is 1. The molecule has 2 aromatic carbocycles. The molecule has 0 fully saturated rings. The maximum atomic E-state index is 12.0. The number of nitrogens with zero attached hydrogens (tertiary/aromatic N) is 1. The van der Waals surface area contributed by atoms with Gasteiger partial charge >= 0.3 is 0 Å². The van der Waals surface area contributed by atoms with E-state index in [0.717, 1.165) is 22.9 Å². The van der Waals surface area contributed by atoms with Gasteiger partial charge in [-0.1, -0.05) is 36.4 Å². The quantitative estimate of drug-likeness (QED) is 0.588. The summed E-state index contributed by atoms with van der Waals surface area (Å²) in [4.78, 5) is 4.25. The van der Waals surface area contributed by atoms with Crippen LogP contribution < -0.4 is 9.46 Å². The second-order valence-electron chi connectivity index (χ2n) is 6.01. The lowest BCUT2D eigenvalue weighted by Gasteiger charge is -2.09. The van der Waals surface area contributed by atoms with Crippen LogP contribution in [0.4, 0.5) is 0 Å².